The molecule has 0 aromatic carbocycles. The van der Waals surface area contributed by atoms with Crippen molar-refractivity contribution in [1.29, 1.82) is 0 Å². The van der Waals surface area contributed by atoms with Crippen molar-refractivity contribution in [2.45, 2.75) is 24.7 Å². The lowest BCUT2D eigenvalue weighted by Gasteiger charge is -2.20. The predicted molar refractivity (Wildman–Crippen MR) is 55.0 cm³/mol. The van der Waals surface area contributed by atoms with Crippen LogP contribution < -0.4 is 0 Å². The summed E-state index contributed by atoms with van der Waals surface area (Å²) in [5.74, 6) is -2.69. The van der Waals surface area contributed by atoms with Crippen LogP contribution in [-0.4, -0.2) is 53.0 Å². The molecule has 0 aromatic heterocycles. The molecule has 94 valence electrons. The lowest BCUT2D eigenvalue weighted by Crippen LogP contribution is -2.49. The first kappa shape index (κ1) is 12.2. The van der Waals surface area contributed by atoms with Crippen molar-refractivity contribution in [2.24, 2.45) is 5.92 Å². The van der Waals surface area contributed by atoms with E-state index in [2.05, 4.69) is 4.74 Å². The largest absolute Gasteiger partial charge is 0.463 e. The molecule has 2 fully saturated rings. The average Bonchev–Trinajstić information content (AvgIpc) is 2.93. The number of esters is 1. The zero-order chi connectivity index (χ0) is 12.6. The molecule has 6 heteroatoms. The fourth-order valence-corrected chi connectivity index (χ4v) is 1.77. The first-order chi connectivity index (χ1) is 8.00. The summed E-state index contributed by atoms with van der Waals surface area (Å²) in [6.07, 6.45) is 2.51. The van der Waals surface area contributed by atoms with Gasteiger partial charge in [-0.05, 0) is 19.1 Å². The van der Waals surface area contributed by atoms with E-state index in [9.17, 15) is 14.7 Å². The normalized spacial score (nSPS) is 40.6. The van der Waals surface area contributed by atoms with Crippen LogP contribution in [0.1, 0.15) is 6.92 Å². The summed E-state index contributed by atoms with van der Waals surface area (Å²) in [4.78, 5) is 23.1. The van der Waals surface area contributed by atoms with Crippen molar-refractivity contribution in [3.8, 4) is 0 Å². The zero-order valence-electron chi connectivity index (χ0n) is 9.33. The molecule has 0 aromatic rings. The fraction of sp³-hybridized carbons (Fsp3) is 0.636. The second-order valence-corrected chi connectivity index (χ2v) is 4.27. The van der Waals surface area contributed by atoms with Gasteiger partial charge in [0, 0.05) is 0 Å². The third-order valence-corrected chi connectivity index (χ3v) is 3.11. The Hall–Kier alpha value is -1.24. The number of carbonyl (C=O) groups excluding carboxylic acids is 2. The molecule has 0 spiro atoms. The molecule has 2 heterocycles. The first-order valence-corrected chi connectivity index (χ1v) is 5.38. The Morgan fingerprint density at radius 2 is 2.29 bits per heavy atom. The van der Waals surface area contributed by atoms with Gasteiger partial charge in [0.1, 0.15) is 12.7 Å². The van der Waals surface area contributed by atoms with Crippen LogP contribution >= 0.6 is 0 Å². The Morgan fingerprint density at radius 1 is 1.65 bits per heavy atom. The summed E-state index contributed by atoms with van der Waals surface area (Å²) in [5.41, 5.74) is -2.26. The summed E-state index contributed by atoms with van der Waals surface area (Å²) in [5, 5.41) is 19.0. The molecule has 2 aliphatic rings. The predicted octanol–water partition coefficient (Wildman–Crippen LogP) is -1.20. The smallest absolute Gasteiger partial charge is 0.346 e. The van der Waals surface area contributed by atoms with Gasteiger partial charge in [0.15, 0.2) is 5.78 Å². The minimum absolute atomic E-state index is 0.0536. The number of cyclic esters (lactones) is 1. The Morgan fingerprint density at radius 3 is 2.82 bits per heavy atom. The maximum atomic E-state index is 11.8. The van der Waals surface area contributed by atoms with Gasteiger partial charge in [-0.15, -0.1) is 0 Å². The van der Waals surface area contributed by atoms with E-state index in [0.717, 1.165) is 6.08 Å². The van der Waals surface area contributed by atoms with Crippen LogP contribution in [0.3, 0.4) is 0 Å². The van der Waals surface area contributed by atoms with E-state index in [0.29, 0.717) is 0 Å². The van der Waals surface area contributed by atoms with Crippen molar-refractivity contribution < 1.29 is 29.3 Å². The molecule has 0 bridgehead atoms. The standard InChI is InChI=1S/C11H14O6/c1-6-8(17-6)2-3-9(13)11(15)7(4-12)5-16-10(11)14/h2-3,6-8,12,15H,4-5H2,1H3/b3-2+/t6?,7-,8?,11+/m1/s1. The Labute approximate surface area is 97.8 Å². The lowest BCUT2D eigenvalue weighted by molar-refractivity contribution is -0.160. The van der Waals surface area contributed by atoms with Crippen LogP contribution in [0.25, 0.3) is 0 Å². The highest BCUT2D eigenvalue weighted by Crippen LogP contribution is 2.29. The number of epoxide rings is 1. The van der Waals surface area contributed by atoms with Gasteiger partial charge in [-0.2, -0.15) is 0 Å². The summed E-state index contributed by atoms with van der Waals surface area (Å²) in [7, 11) is 0. The highest BCUT2D eigenvalue weighted by Gasteiger charge is 2.55. The molecule has 2 aliphatic heterocycles. The molecule has 0 saturated carbocycles. The molecule has 6 nitrogen and oxygen atoms in total. The number of aliphatic hydroxyl groups excluding tert-OH is 1. The minimum atomic E-state index is -2.26. The molecule has 2 rings (SSSR count). The topological polar surface area (TPSA) is 96.4 Å². The first-order valence-electron chi connectivity index (χ1n) is 5.38. The Balaban J connectivity index is 2.10. The van der Waals surface area contributed by atoms with Gasteiger partial charge in [0.05, 0.1) is 18.6 Å². The van der Waals surface area contributed by atoms with Crippen LogP contribution in [0.4, 0.5) is 0 Å². The fourth-order valence-electron chi connectivity index (χ4n) is 1.77. The summed E-state index contributed by atoms with van der Waals surface area (Å²) in [6.45, 7) is 1.20. The number of hydrogen-bond donors (Lipinski definition) is 2. The van der Waals surface area contributed by atoms with E-state index in [1.165, 1.54) is 6.08 Å². The summed E-state index contributed by atoms with van der Waals surface area (Å²) < 4.78 is 9.66. The van der Waals surface area contributed by atoms with Gasteiger partial charge in [-0.3, -0.25) is 4.79 Å². The van der Waals surface area contributed by atoms with Crippen molar-refractivity contribution in [1.82, 2.24) is 0 Å². The molecular weight excluding hydrogens is 228 g/mol. The number of hydrogen-bond acceptors (Lipinski definition) is 6. The molecule has 0 amide bonds. The van der Waals surface area contributed by atoms with E-state index in [1.807, 2.05) is 6.92 Å². The van der Waals surface area contributed by atoms with Crippen molar-refractivity contribution in [2.75, 3.05) is 13.2 Å². The lowest BCUT2D eigenvalue weighted by atomic mass is 9.86. The van der Waals surface area contributed by atoms with Crippen LogP contribution in [0.15, 0.2) is 12.2 Å². The molecule has 0 aliphatic carbocycles. The molecule has 4 atom stereocenters. The number of aliphatic hydroxyl groups is 2. The quantitative estimate of drug-likeness (QED) is 0.278. The number of rotatable bonds is 4. The van der Waals surface area contributed by atoms with Gasteiger partial charge in [0.25, 0.3) is 0 Å². The SMILES string of the molecule is CC1OC1/C=C/C(=O)[C@]1(O)C(=O)OC[C@H]1CO. The molecule has 17 heavy (non-hydrogen) atoms. The average molecular weight is 242 g/mol. The van der Waals surface area contributed by atoms with E-state index in [4.69, 9.17) is 9.84 Å². The van der Waals surface area contributed by atoms with E-state index in [-0.39, 0.29) is 18.8 Å². The highest BCUT2D eigenvalue weighted by molar-refractivity contribution is 6.13. The number of carbonyl (C=O) groups is 2. The molecule has 0 radical (unpaired) electrons. The van der Waals surface area contributed by atoms with Gasteiger partial charge >= 0.3 is 5.97 Å². The van der Waals surface area contributed by atoms with Gasteiger partial charge in [-0.1, -0.05) is 0 Å². The maximum absolute atomic E-state index is 11.8. The van der Waals surface area contributed by atoms with E-state index in [1.54, 1.807) is 0 Å². The van der Waals surface area contributed by atoms with Crippen LogP contribution in [0, 0.1) is 5.92 Å². The van der Waals surface area contributed by atoms with Gasteiger partial charge in [-0.25, -0.2) is 4.79 Å². The minimum Gasteiger partial charge on any atom is -0.463 e. The molecular formula is C11H14O6. The van der Waals surface area contributed by atoms with Gasteiger partial charge in [0.2, 0.25) is 5.60 Å². The highest BCUT2D eigenvalue weighted by atomic mass is 16.6. The zero-order valence-corrected chi connectivity index (χ0v) is 9.33. The monoisotopic (exact) mass is 242 g/mol. The van der Waals surface area contributed by atoms with Crippen molar-refractivity contribution >= 4 is 11.8 Å². The van der Waals surface area contributed by atoms with Gasteiger partial charge < -0.3 is 19.7 Å². The van der Waals surface area contributed by atoms with Crippen molar-refractivity contribution in [3.63, 3.8) is 0 Å². The molecule has 2 saturated heterocycles. The van der Waals surface area contributed by atoms with Crippen molar-refractivity contribution in [3.05, 3.63) is 12.2 Å². The number of ether oxygens (including phenoxy) is 2. The molecule has 2 unspecified atom stereocenters. The van der Waals surface area contributed by atoms with E-state index < -0.39 is 29.9 Å². The van der Waals surface area contributed by atoms with Crippen LogP contribution in [0.2, 0.25) is 0 Å². The second kappa shape index (κ2) is 4.21. The maximum Gasteiger partial charge on any atom is 0.346 e. The molecule has 2 N–H and O–H groups in total. The number of ketones is 1. The summed E-state index contributed by atoms with van der Waals surface area (Å²) >= 11 is 0. The Bertz CT molecular complexity index is 376. The third kappa shape index (κ3) is 1.99. The van der Waals surface area contributed by atoms with Crippen LogP contribution in [-0.2, 0) is 19.1 Å². The second-order valence-electron chi connectivity index (χ2n) is 4.27. The van der Waals surface area contributed by atoms with E-state index >= 15 is 0 Å². The third-order valence-electron chi connectivity index (χ3n) is 3.11. The summed E-state index contributed by atoms with van der Waals surface area (Å²) in [6, 6.07) is 0. The van der Waals surface area contributed by atoms with Crippen LogP contribution in [0.5, 0.6) is 0 Å². The Kier molecular flexibility index (Phi) is 3.03.